The largest absolute Gasteiger partial charge is 0.384 e. The number of benzene rings is 4. The monoisotopic (exact) mass is 1400 g/mol. The van der Waals surface area contributed by atoms with E-state index >= 15 is 0 Å². The van der Waals surface area contributed by atoms with Crippen molar-refractivity contribution >= 4 is 87.2 Å². The quantitative estimate of drug-likeness (QED) is 0.0495. The van der Waals surface area contributed by atoms with Gasteiger partial charge in [-0.1, -0.05) is 77.8 Å². The fourth-order valence-electron chi connectivity index (χ4n) is 10.6. The highest BCUT2D eigenvalue weighted by molar-refractivity contribution is 6.44. The first-order chi connectivity index (χ1) is 47.6. The summed E-state index contributed by atoms with van der Waals surface area (Å²) < 4.78 is 55.9. The molecule has 10 N–H and O–H groups in total. The predicted octanol–water partition coefficient (Wildman–Crippen LogP) is 8.60. The van der Waals surface area contributed by atoms with E-state index in [-0.39, 0.29) is 61.8 Å². The molecule has 0 bridgehead atoms. The number of nitrogens with two attached hydrogens (primary N) is 2. The average molecular weight is 1400 g/mol. The van der Waals surface area contributed by atoms with E-state index in [0.717, 1.165) is 0 Å². The lowest BCUT2D eigenvalue weighted by Crippen LogP contribution is -2.46. The molecule has 1 saturated heterocycles. The highest BCUT2D eigenvalue weighted by Gasteiger charge is 2.53. The molecule has 0 radical (unpaired) electrons. The lowest BCUT2D eigenvalue weighted by molar-refractivity contribution is -0.119. The van der Waals surface area contributed by atoms with Gasteiger partial charge in [0.15, 0.2) is 11.6 Å². The lowest BCUT2D eigenvalue weighted by atomic mass is 9.75. The SMILES string of the molecule is CC(=O)c1cccc(F)c1.CC1(c2cccc(F)c2)NC(=O)C2=CC=C(Cl)C(=O)C21.CC1(c2cccc(F)c2)NC(=O)c2ccc(Nc3ccncn3)c(=O)n21.CC1(c2cccc(F)c2)NC(=O)c2ccc(Nc3ccncn3)c(=O)n21.NC(=O)c1ccc(Cl)c(=O)[nH]1.Nc1ccncn1. The molecule has 4 amide bonds. The first-order valence-corrected chi connectivity index (χ1v) is 30.3. The van der Waals surface area contributed by atoms with Crippen molar-refractivity contribution < 1.29 is 46.3 Å². The number of hydrogen-bond acceptors (Lipinski definition) is 18. The number of carbonyl (C=O) groups excluding carboxylic acids is 6. The Morgan fingerprint density at radius 1 is 0.540 bits per heavy atom. The number of nitrogen functional groups attached to an aromatic ring is 1. The summed E-state index contributed by atoms with van der Waals surface area (Å²) in [7, 11) is 0. The summed E-state index contributed by atoms with van der Waals surface area (Å²) in [6.45, 7) is 6.44. The summed E-state index contributed by atoms with van der Waals surface area (Å²) in [5, 5.41) is 14.3. The summed E-state index contributed by atoms with van der Waals surface area (Å²) in [5.74, 6) is -3.25. The molecule has 6 aromatic heterocycles. The highest BCUT2D eigenvalue weighted by Crippen LogP contribution is 2.44. The van der Waals surface area contributed by atoms with Crippen LogP contribution in [0.5, 0.6) is 0 Å². The van der Waals surface area contributed by atoms with E-state index in [9.17, 15) is 60.7 Å². The number of anilines is 5. The summed E-state index contributed by atoms with van der Waals surface area (Å²) in [6, 6.07) is 36.8. The highest BCUT2D eigenvalue weighted by atomic mass is 35.5. The average Bonchev–Trinajstić information content (AvgIpc) is 1.59. The van der Waals surface area contributed by atoms with Gasteiger partial charge in [-0.25, -0.2) is 47.5 Å². The number of Topliss-reactive ketones (excluding diaryl/α,β-unsaturated/α-hetero) is 2. The van der Waals surface area contributed by atoms with Crippen molar-refractivity contribution in [1.82, 2.24) is 60.0 Å². The smallest absolute Gasteiger partial charge is 0.277 e. The van der Waals surface area contributed by atoms with Crippen LogP contribution in [0.3, 0.4) is 0 Å². The van der Waals surface area contributed by atoms with Gasteiger partial charge in [0.05, 0.1) is 16.5 Å². The molecular weight excluding hydrogens is 1340 g/mol. The van der Waals surface area contributed by atoms with Crippen LogP contribution < -0.4 is 54.7 Å². The fraction of sp³-hybridized carbons (Fsp3) is 0.116. The maximum absolute atomic E-state index is 13.7. The number of nitrogens with one attached hydrogen (secondary N) is 6. The normalized spacial score (nSPS) is 17.8. The first-order valence-electron chi connectivity index (χ1n) is 29.5. The molecule has 100 heavy (non-hydrogen) atoms. The van der Waals surface area contributed by atoms with Crippen LogP contribution in [0.25, 0.3) is 0 Å². The number of hydrogen-bond donors (Lipinski definition) is 8. The molecule has 1 fully saturated rings. The van der Waals surface area contributed by atoms with Crippen LogP contribution in [0.4, 0.5) is 46.4 Å². The van der Waals surface area contributed by atoms with E-state index in [1.165, 1.54) is 132 Å². The number of rotatable bonds is 9. The number of allylic oxidation sites excluding steroid dienone is 3. The second-order valence-corrected chi connectivity index (χ2v) is 23.1. The number of halogens is 6. The summed E-state index contributed by atoms with van der Waals surface area (Å²) in [5.41, 5.74) is 8.54. The Hall–Kier alpha value is -12.6. The van der Waals surface area contributed by atoms with Crippen LogP contribution in [0, 0.1) is 29.2 Å². The van der Waals surface area contributed by atoms with Crippen LogP contribution in [-0.4, -0.2) is 79.2 Å². The van der Waals surface area contributed by atoms with E-state index < -0.39 is 74.6 Å². The molecule has 4 unspecified atom stereocenters. The molecule has 9 heterocycles. The summed E-state index contributed by atoms with van der Waals surface area (Å²) in [6.07, 6.45) is 11.8. The minimum absolute atomic E-state index is 0.0370. The van der Waals surface area contributed by atoms with Gasteiger partial charge in [0.2, 0.25) is 5.91 Å². The lowest BCUT2D eigenvalue weighted by Gasteiger charge is -2.31. The molecule has 0 spiro atoms. The van der Waals surface area contributed by atoms with Gasteiger partial charge >= 0.3 is 0 Å². The molecule has 0 saturated carbocycles. The molecule has 10 aromatic rings. The van der Waals surface area contributed by atoms with E-state index in [1.807, 2.05) is 0 Å². The molecule has 25 nitrogen and oxygen atoms in total. The number of aromatic nitrogens is 9. The van der Waals surface area contributed by atoms with Crippen molar-refractivity contribution in [3.8, 4) is 0 Å². The molecule has 4 aliphatic rings. The topological polar surface area (TPSA) is 369 Å². The van der Waals surface area contributed by atoms with Crippen molar-refractivity contribution in [3.05, 3.63) is 311 Å². The van der Waals surface area contributed by atoms with Crippen molar-refractivity contribution in [3.63, 3.8) is 0 Å². The maximum Gasteiger partial charge on any atom is 0.277 e. The number of aromatic amines is 1. The number of amides is 4. The Labute approximate surface area is 574 Å². The zero-order chi connectivity index (χ0) is 72.2. The molecule has 4 atom stereocenters. The van der Waals surface area contributed by atoms with Crippen LogP contribution in [0.2, 0.25) is 5.02 Å². The Morgan fingerprint density at radius 3 is 1.40 bits per heavy atom. The second kappa shape index (κ2) is 30.6. The number of ketones is 2. The third kappa shape index (κ3) is 16.1. The Bertz CT molecular complexity index is 4900. The third-order valence-corrected chi connectivity index (χ3v) is 16.1. The van der Waals surface area contributed by atoms with Gasteiger partial charge in [0, 0.05) is 40.9 Å². The fourth-order valence-corrected chi connectivity index (χ4v) is 10.9. The molecule has 14 rings (SSSR count). The Morgan fingerprint density at radius 2 is 1.00 bits per heavy atom. The number of fused-ring (bicyclic) bond motifs is 3. The molecule has 31 heteroatoms. The van der Waals surface area contributed by atoms with Gasteiger partial charge in [-0.15, -0.1) is 0 Å². The van der Waals surface area contributed by atoms with Gasteiger partial charge < -0.3 is 43.0 Å². The van der Waals surface area contributed by atoms with E-state index in [1.54, 1.807) is 106 Å². The molecular formula is C69H56Cl2F4N16O9. The number of carbonyl (C=O) groups is 6. The van der Waals surface area contributed by atoms with Crippen LogP contribution in [-0.2, 0) is 26.5 Å². The number of H-pyrrole nitrogens is 1. The van der Waals surface area contributed by atoms with Gasteiger partial charge in [0.1, 0.15) is 105 Å². The minimum Gasteiger partial charge on any atom is -0.384 e. The molecule has 508 valence electrons. The Balaban J connectivity index is 0.000000148. The van der Waals surface area contributed by atoms with Crippen LogP contribution >= 0.6 is 23.2 Å². The third-order valence-electron chi connectivity index (χ3n) is 15.5. The predicted molar refractivity (Wildman–Crippen MR) is 361 cm³/mol. The van der Waals surface area contributed by atoms with Gasteiger partial charge in [-0.05, 0) is 142 Å². The van der Waals surface area contributed by atoms with Gasteiger partial charge in [0.25, 0.3) is 34.4 Å². The molecule has 4 aromatic carbocycles. The summed E-state index contributed by atoms with van der Waals surface area (Å²) >= 11 is 11.3. The maximum atomic E-state index is 13.7. The van der Waals surface area contributed by atoms with E-state index in [4.69, 9.17) is 34.7 Å². The van der Waals surface area contributed by atoms with Crippen molar-refractivity contribution in [2.75, 3.05) is 16.4 Å². The Kier molecular flexibility index (Phi) is 21.9. The minimum atomic E-state index is -1.20. The zero-order valence-electron chi connectivity index (χ0n) is 52.8. The van der Waals surface area contributed by atoms with Crippen molar-refractivity contribution in [2.45, 2.75) is 44.6 Å². The van der Waals surface area contributed by atoms with Gasteiger partial charge in [-0.2, -0.15) is 0 Å². The number of primary amides is 1. The second-order valence-electron chi connectivity index (χ2n) is 22.3. The van der Waals surface area contributed by atoms with E-state index in [0.29, 0.717) is 45.3 Å². The van der Waals surface area contributed by atoms with Crippen molar-refractivity contribution in [2.24, 2.45) is 11.7 Å². The first kappa shape index (κ1) is 71.7. The standard InChI is InChI=1S/2C18H14FN5O2.C15H11ClFNO2.C8H7FO.C6H5ClN2O2.C4H5N3/c2*1-18(11-3-2-4-12(19)9-11)23-16(25)14-6-5-13(17(26)24(14)18)22-15-7-8-20-10-21-15;1-15(8-3-2-4-9(17)7-8)12-10(14(20)18-15)5-6-11(16)13(12)19;1-6(10)7-3-2-4-8(9)5-7;7-3-1-2-4(5(8)10)9-6(3)11;5-4-1-2-6-3-7-4/h2*2-10H,1H3,(H,23,25)(H,20,21,22);2-7,12H,1H3,(H,18,20);2-5H,1H3;1-2H,(H2,8,10)(H,9,11);1-3H,(H2,5,6,7). The molecule has 3 aliphatic heterocycles. The number of nitrogens with zero attached hydrogens (tertiary/aromatic N) is 8. The number of pyridine rings is 3. The van der Waals surface area contributed by atoms with E-state index in [2.05, 4.69) is 61.5 Å². The zero-order valence-corrected chi connectivity index (χ0v) is 54.3. The van der Waals surface area contributed by atoms with Crippen LogP contribution in [0.15, 0.2) is 226 Å². The van der Waals surface area contributed by atoms with Crippen molar-refractivity contribution in [1.29, 1.82) is 0 Å². The van der Waals surface area contributed by atoms with Crippen LogP contribution in [0.1, 0.15) is 86.2 Å². The summed E-state index contributed by atoms with van der Waals surface area (Å²) in [4.78, 5) is 132. The molecule has 1 aliphatic carbocycles. The van der Waals surface area contributed by atoms with Gasteiger partial charge in [-0.3, -0.25) is 52.3 Å².